The van der Waals surface area contributed by atoms with Crippen molar-refractivity contribution in [3.8, 4) is 33.6 Å². The minimum atomic E-state index is -0.482. The third kappa shape index (κ3) is 5.20. The summed E-state index contributed by atoms with van der Waals surface area (Å²) >= 11 is 0. The van der Waals surface area contributed by atoms with E-state index in [9.17, 15) is 0 Å². The SMILES string of the molecule is CCCNCc1ncc(-c2ccc3cc(-c4ccc(-c5cnc(C6CC7(CN6C)OCCO7)[nH]5)cc4)ccc3c2)[nH]1. The van der Waals surface area contributed by atoms with Crippen LogP contribution in [0.1, 0.15) is 37.5 Å². The number of nitrogens with one attached hydrogen (secondary N) is 3. The molecule has 2 saturated heterocycles. The molecule has 0 aliphatic carbocycles. The van der Waals surface area contributed by atoms with E-state index in [-0.39, 0.29) is 6.04 Å². The average Bonchev–Trinajstić information content (AvgIpc) is 3.81. The van der Waals surface area contributed by atoms with Crippen LogP contribution in [-0.4, -0.2) is 64.0 Å². The number of aromatic nitrogens is 4. The lowest BCUT2D eigenvalue weighted by Gasteiger charge is -2.20. The van der Waals surface area contributed by atoms with Gasteiger partial charge in [-0.2, -0.15) is 0 Å². The second-order valence-electron chi connectivity index (χ2n) is 11.2. The van der Waals surface area contributed by atoms with E-state index in [1.165, 1.54) is 21.9 Å². The van der Waals surface area contributed by atoms with Crippen LogP contribution in [0.3, 0.4) is 0 Å². The number of rotatable bonds is 8. The summed E-state index contributed by atoms with van der Waals surface area (Å²) in [6.45, 7) is 6.01. The molecule has 1 atom stereocenters. The first-order valence-corrected chi connectivity index (χ1v) is 14.5. The lowest BCUT2D eigenvalue weighted by molar-refractivity contribution is -0.145. The summed E-state index contributed by atoms with van der Waals surface area (Å²) in [5.74, 6) is 1.44. The first-order chi connectivity index (χ1) is 20.1. The highest BCUT2D eigenvalue weighted by Crippen LogP contribution is 2.41. The van der Waals surface area contributed by atoms with Crippen molar-refractivity contribution in [1.29, 1.82) is 0 Å². The van der Waals surface area contributed by atoms with Crippen LogP contribution in [0.5, 0.6) is 0 Å². The monoisotopic (exact) mass is 548 g/mol. The Morgan fingerprint density at radius 2 is 1.51 bits per heavy atom. The Morgan fingerprint density at radius 1 is 0.854 bits per heavy atom. The van der Waals surface area contributed by atoms with Gasteiger partial charge in [-0.25, -0.2) is 9.97 Å². The number of likely N-dealkylation sites (tertiary alicyclic amines) is 1. The minimum absolute atomic E-state index is 0.150. The molecule has 0 bridgehead atoms. The molecule has 1 spiro atoms. The molecule has 8 heteroatoms. The molecular weight excluding hydrogens is 512 g/mol. The van der Waals surface area contributed by atoms with E-state index in [1.54, 1.807) is 0 Å². The van der Waals surface area contributed by atoms with Crippen LogP contribution in [0.25, 0.3) is 44.4 Å². The summed E-state index contributed by atoms with van der Waals surface area (Å²) in [6.07, 6.45) is 5.75. The van der Waals surface area contributed by atoms with E-state index >= 15 is 0 Å². The van der Waals surface area contributed by atoms with Crippen LogP contribution >= 0.6 is 0 Å². The Kier molecular flexibility index (Phi) is 6.92. The summed E-state index contributed by atoms with van der Waals surface area (Å²) in [5, 5.41) is 5.82. The van der Waals surface area contributed by atoms with Crippen LogP contribution in [-0.2, 0) is 16.0 Å². The zero-order valence-electron chi connectivity index (χ0n) is 23.6. The summed E-state index contributed by atoms with van der Waals surface area (Å²) in [5.41, 5.74) is 6.70. The number of hydrogen-bond donors (Lipinski definition) is 3. The highest BCUT2D eigenvalue weighted by Gasteiger charge is 2.48. The van der Waals surface area contributed by atoms with Gasteiger partial charge in [0.25, 0.3) is 0 Å². The zero-order chi connectivity index (χ0) is 27.8. The fourth-order valence-electron chi connectivity index (χ4n) is 6.09. The molecule has 41 heavy (non-hydrogen) atoms. The molecule has 8 nitrogen and oxygen atoms in total. The van der Waals surface area contributed by atoms with Gasteiger partial charge in [0.1, 0.15) is 11.6 Å². The second kappa shape index (κ2) is 10.9. The first kappa shape index (κ1) is 26.1. The topological polar surface area (TPSA) is 91.1 Å². The second-order valence-corrected chi connectivity index (χ2v) is 11.2. The number of fused-ring (bicyclic) bond motifs is 1. The van der Waals surface area contributed by atoms with E-state index in [0.717, 1.165) is 66.6 Å². The number of aromatic amines is 2. The Balaban J connectivity index is 1.06. The van der Waals surface area contributed by atoms with Gasteiger partial charge in [0.05, 0.1) is 56.1 Å². The fourth-order valence-corrected chi connectivity index (χ4v) is 6.09. The summed E-state index contributed by atoms with van der Waals surface area (Å²) in [7, 11) is 2.10. The fraction of sp³-hybridized carbons (Fsp3) is 0.333. The molecule has 0 radical (unpaired) electrons. The van der Waals surface area contributed by atoms with Crippen molar-refractivity contribution in [2.75, 3.05) is 33.4 Å². The van der Waals surface area contributed by atoms with Crippen molar-refractivity contribution in [2.24, 2.45) is 0 Å². The average molecular weight is 549 g/mol. The highest BCUT2D eigenvalue weighted by atomic mass is 16.7. The Hall–Kier alpha value is -3.82. The first-order valence-electron chi connectivity index (χ1n) is 14.5. The molecule has 0 amide bonds. The van der Waals surface area contributed by atoms with Gasteiger partial charge in [0.15, 0.2) is 5.79 Å². The van der Waals surface area contributed by atoms with Gasteiger partial charge in [-0.05, 0) is 59.6 Å². The van der Waals surface area contributed by atoms with Crippen LogP contribution in [0.15, 0.2) is 73.1 Å². The summed E-state index contributed by atoms with van der Waals surface area (Å²) < 4.78 is 11.9. The van der Waals surface area contributed by atoms with Crippen molar-refractivity contribution in [2.45, 2.75) is 38.1 Å². The standard InChI is InChI=1S/C33H36N6O2/c1-3-12-34-20-31-35-18-29(37-31)27-11-10-25-15-24(8-9-26(25)16-27)22-4-6-23(7-5-22)28-19-36-32(38-28)30-17-33(21-39(30)2)40-13-14-41-33/h4-11,15-16,18-19,30,34H,3,12-14,17,20-21H2,1-2H3,(H,35,37)(H,36,38). The highest BCUT2D eigenvalue weighted by molar-refractivity contribution is 5.90. The number of likely N-dealkylation sites (N-methyl/N-ethyl adjacent to an activating group) is 1. The molecule has 2 fully saturated rings. The predicted octanol–water partition coefficient (Wildman–Crippen LogP) is 5.91. The van der Waals surface area contributed by atoms with Gasteiger partial charge in [0, 0.05) is 12.0 Å². The van der Waals surface area contributed by atoms with Gasteiger partial charge < -0.3 is 24.8 Å². The summed E-state index contributed by atoms with van der Waals surface area (Å²) in [6, 6.07) is 22.1. The Bertz CT molecular complexity index is 1650. The molecule has 3 aromatic carbocycles. The van der Waals surface area contributed by atoms with Crippen LogP contribution in [0.4, 0.5) is 0 Å². The van der Waals surface area contributed by atoms with Gasteiger partial charge in [0.2, 0.25) is 0 Å². The van der Waals surface area contributed by atoms with E-state index in [2.05, 4.69) is 99.8 Å². The zero-order valence-corrected chi connectivity index (χ0v) is 23.6. The molecule has 3 N–H and O–H groups in total. The molecule has 0 saturated carbocycles. The number of benzene rings is 3. The maximum absolute atomic E-state index is 5.93. The van der Waals surface area contributed by atoms with Gasteiger partial charge in [-0.1, -0.05) is 55.5 Å². The molecule has 210 valence electrons. The number of ether oxygens (including phenoxy) is 2. The van der Waals surface area contributed by atoms with Crippen LogP contribution < -0.4 is 5.32 Å². The predicted molar refractivity (Wildman–Crippen MR) is 161 cm³/mol. The van der Waals surface area contributed by atoms with Crippen LogP contribution in [0, 0.1) is 0 Å². The minimum Gasteiger partial charge on any atom is -0.346 e. The molecule has 7 rings (SSSR count). The maximum Gasteiger partial charge on any atom is 0.183 e. The number of imidazole rings is 2. The van der Waals surface area contributed by atoms with Crippen molar-refractivity contribution in [3.63, 3.8) is 0 Å². The van der Waals surface area contributed by atoms with E-state index in [4.69, 9.17) is 14.5 Å². The molecule has 1 unspecified atom stereocenters. The molecule has 2 aromatic heterocycles. The van der Waals surface area contributed by atoms with Crippen molar-refractivity contribution < 1.29 is 9.47 Å². The third-order valence-electron chi connectivity index (χ3n) is 8.28. The van der Waals surface area contributed by atoms with E-state index in [1.807, 2.05) is 12.4 Å². The molecular formula is C33H36N6O2. The Labute approximate surface area is 240 Å². The van der Waals surface area contributed by atoms with Gasteiger partial charge >= 0.3 is 0 Å². The van der Waals surface area contributed by atoms with Gasteiger partial charge in [-0.15, -0.1) is 0 Å². The van der Waals surface area contributed by atoms with Crippen molar-refractivity contribution in [1.82, 2.24) is 30.2 Å². The number of H-pyrrole nitrogens is 2. The number of hydrogen-bond acceptors (Lipinski definition) is 6. The largest absolute Gasteiger partial charge is 0.346 e. The van der Waals surface area contributed by atoms with E-state index in [0.29, 0.717) is 13.2 Å². The molecule has 4 heterocycles. The normalized spacial score (nSPS) is 18.6. The quantitative estimate of drug-likeness (QED) is 0.209. The van der Waals surface area contributed by atoms with Crippen molar-refractivity contribution in [3.05, 3.63) is 84.7 Å². The maximum atomic E-state index is 5.93. The molecule has 2 aliphatic rings. The smallest absolute Gasteiger partial charge is 0.183 e. The van der Waals surface area contributed by atoms with Crippen molar-refractivity contribution >= 4 is 10.8 Å². The van der Waals surface area contributed by atoms with Gasteiger partial charge in [-0.3, -0.25) is 4.90 Å². The third-order valence-corrected chi connectivity index (χ3v) is 8.28. The lowest BCUT2D eigenvalue weighted by atomic mass is 9.98. The molecule has 2 aliphatic heterocycles. The van der Waals surface area contributed by atoms with Crippen LogP contribution in [0.2, 0.25) is 0 Å². The number of nitrogens with zero attached hydrogens (tertiary/aromatic N) is 3. The lowest BCUT2D eigenvalue weighted by Crippen LogP contribution is -2.32. The van der Waals surface area contributed by atoms with E-state index < -0.39 is 5.79 Å². The summed E-state index contributed by atoms with van der Waals surface area (Å²) in [4.78, 5) is 18.5. The Morgan fingerprint density at radius 3 is 2.29 bits per heavy atom. The molecule has 5 aromatic rings.